The predicted octanol–water partition coefficient (Wildman–Crippen LogP) is 4.67. The van der Waals surface area contributed by atoms with Crippen molar-refractivity contribution >= 4 is 28.9 Å². The van der Waals surface area contributed by atoms with Gasteiger partial charge in [-0.15, -0.1) is 11.3 Å². The molecule has 0 saturated carbocycles. The van der Waals surface area contributed by atoms with E-state index < -0.39 is 5.97 Å². The maximum atomic E-state index is 12.1. The number of carbonyl (C=O) groups is 2. The van der Waals surface area contributed by atoms with Gasteiger partial charge in [-0.1, -0.05) is 32.0 Å². The minimum atomic E-state index is -0.456. The molecule has 0 fully saturated rings. The minimum Gasteiger partial charge on any atom is -0.452 e. The SMILES string of the molecule is CC[C@H](C)c1ccccc1NC(=O)COC(=O)c1cc(C)sc1C. The van der Waals surface area contributed by atoms with E-state index in [9.17, 15) is 9.59 Å². The maximum absolute atomic E-state index is 12.1. The Balaban J connectivity index is 1.97. The Kier molecular flexibility index (Phi) is 6.15. The van der Waals surface area contributed by atoms with Crippen molar-refractivity contribution in [3.63, 3.8) is 0 Å². The number of hydrogen-bond acceptors (Lipinski definition) is 4. The van der Waals surface area contributed by atoms with Gasteiger partial charge in [0, 0.05) is 15.4 Å². The van der Waals surface area contributed by atoms with Gasteiger partial charge in [0.25, 0.3) is 5.91 Å². The molecule has 1 amide bonds. The molecular weight excluding hydrogens is 322 g/mol. The Morgan fingerprint density at radius 1 is 1.25 bits per heavy atom. The fraction of sp³-hybridized carbons (Fsp3) is 0.368. The van der Waals surface area contributed by atoms with Gasteiger partial charge in [-0.25, -0.2) is 4.79 Å². The van der Waals surface area contributed by atoms with Gasteiger partial charge in [-0.05, 0) is 43.9 Å². The molecule has 0 radical (unpaired) electrons. The molecule has 0 bridgehead atoms. The molecule has 0 saturated heterocycles. The number of rotatable bonds is 6. The summed E-state index contributed by atoms with van der Waals surface area (Å²) < 4.78 is 5.14. The zero-order chi connectivity index (χ0) is 17.7. The van der Waals surface area contributed by atoms with Crippen LogP contribution in [0.4, 0.5) is 5.69 Å². The van der Waals surface area contributed by atoms with Gasteiger partial charge < -0.3 is 10.1 Å². The van der Waals surface area contributed by atoms with Gasteiger partial charge in [0.05, 0.1) is 5.56 Å². The molecular formula is C19H23NO3S. The first-order chi connectivity index (χ1) is 11.4. The lowest BCUT2D eigenvalue weighted by Crippen LogP contribution is -2.21. The summed E-state index contributed by atoms with van der Waals surface area (Å²) in [6.45, 7) is 7.74. The highest BCUT2D eigenvalue weighted by molar-refractivity contribution is 7.12. The third kappa shape index (κ3) is 4.45. The fourth-order valence-electron chi connectivity index (χ4n) is 2.49. The number of esters is 1. The number of thiophene rings is 1. The Morgan fingerprint density at radius 3 is 2.58 bits per heavy atom. The van der Waals surface area contributed by atoms with Gasteiger partial charge in [0.2, 0.25) is 0 Å². The summed E-state index contributed by atoms with van der Waals surface area (Å²) in [5.74, 6) is -0.439. The van der Waals surface area contributed by atoms with E-state index in [4.69, 9.17) is 4.74 Å². The van der Waals surface area contributed by atoms with Crippen molar-refractivity contribution in [3.05, 3.63) is 51.2 Å². The molecule has 2 rings (SSSR count). The van der Waals surface area contributed by atoms with Crippen molar-refractivity contribution in [2.45, 2.75) is 40.0 Å². The summed E-state index contributed by atoms with van der Waals surface area (Å²) in [4.78, 5) is 26.1. The highest BCUT2D eigenvalue weighted by Gasteiger charge is 2.16. The van der Waals surface area contributed by atoms with E-state index in [2.05, 4.69) is 19.2 Å². The Bertz CT molecular complexity index is 736. The Hall–Kier alpha value is -2.14. The molecule has 5 heteroatoms. The van der Waals surface area contributed by atoms with Crippen molar-refractivity contribution < 1.29 is 14.3 Å². The van der Waals surface area contributed by atoms with E-state index in [0.717, 1.165) is 27.4 Å². The smallest absolute Gasteiger partial charge is 0.339 e. The van der Waals surface area contributed by atoms with Crippen LogP contribution in [0.5, 0.6) is 0 Å². The minimum absolute atomic E-state index is 0.290. The van der Waals surface area contributed by atoms with E-state index in [0.29, 0.717) is 11.5 Å². The molecule has 1 aromatic heterocycles. The Morgan fingerprint density at radius 2 is 1.96 bits per heavy atom. The van der Waals surface area contributed by atoms with Crippen LogP contribution in [-0.4, -0.2) is 18.5 Å². The third-order valence-corrected chi connectivity index (χ3v) is 4.94. The van der Waals surface area contributed by atoms with Crippen LogP contribution >= 0.6 is 11.3 Å². The Labute approximate surface area is 146 Å². The molecule has 24 heavy (non-hydrogen) atoms. The molecule has 0 spiro atoms. The van der Waals surface area contributed by atoms with Gasteiger partial charge in [-0.3, -0.25) is 4.79 Å². The van der Waals surface area contributed by atoms with Gasteiger partial charge >= 0.3 is 5.97 Å². The monoisotopic (exact) mass is 345 g/mol. The number of hydrogen-bond donors (Lipinski definition) is 1. The van der Waals surface area contributed by atoms with Gasteiger partial charge in [0.1, 0.15) is 0 Å². The van der Waals surface area contributed by atoms with Crippen LogP contribution in [0.15, 0.2) is 30.3 Å². The molecule has 0 unspecified atom stereocenters. The molecule has 1 heterocycles. The molecule has 0 aliphatic rings. The second-order valence-corrected chi connectivity index (χ2v) is 7.31. The number of para-hydroxylation sites is 1. The van der Waals surface area contributed by atoms with Crippen molar-refractivity contribution in [2.24, 2.45) is 0 Å². The van der Waals surface area contributed by atoms with Crippen LogP contribution in [0, 0.1) is 13.8 Å². The number of aryl methyl sites for hydroxylation is 2. The first kappa shape index (κ1) is 18.2. The lowest BCUT2D eigenvalue weighted by molar-refractivity contribution is -0.119. The topological polar surface area (TPSA) is 55.4 Å². The lowest BCUT2D eigenvalue weighted by atomic mass is 9.97. The van der Waals surface area contributed by atoms with Crippen molar-refractivity contribution in [1.29, 1.82) is 0 Å². The largest absolute Gasteiger partial charge is 0.452 e. The molecule has 128 valence electrons. The van der Waals surface area contributed by atoms with Crippen LogP contribution < -0.4 is 5.32 Å². The van der Waals surface area contributed by atoms with E-state index in [1.165, 1.54) is 0 Å². The lowest BCUT2D eigenvalue weighted by Gasteiger charge is -2.15. The van der Waals surface area contributed by atoms with Crippen LogP contribution in [0.25, 0.3) is 0 Å². The summed E-state index contributed by atoms with van der Waals surface area (Å²) in [6, 6.07) is 9.50. The van der Waals surface area contributed by atoms with E-state index in [1.54, 1.807) is 17.4 Å². The first-order valence-electron chi connectivity index (χ1n) is 8.05. The second kappa shape index (κ2) is 8.11. The molecule has 0 aliphatic carbocycles. The molecule has 2 aromatic rings. The van der Waals surface area contributed by atoms with Crippen molar-refractivity contribution in [3.8, 4) is 0 Å². The summed E-state index contributed by atoms with van der Waals surface area (Å²) in [7, 11) is 0. The summed E-state index contributed by atoms with van der Waals surface area (Å²) in [5.41, 5.74) is 2.39. The normalized spacial score (nSPS) is 11.8. The number of carbonyl (C=O) groups excluding carboxylic acids is 2. The second-order valence-electron chi connectivity index (χ2n) is 5.85. The van der Waals surface area contributed by atoms with Crippen molar-refractivity contribution in [2.75, 3.05) is 11.9 Å². The number of ether oxygens (including phenoxy) is 1. The van der Waals surface area contributed by atoms with E-state index in [-0.39, 0.29) is 12.5 Å². The average Bonchev–Trinajstić information content (AvgIpc) is 2.91. The highest BCUT2D eigenvalue weighted by atomic mass is 32.1. The quantitative estimate of drug-likeness (QED) is 0.774. The summed E-state index contributed by atoms with van der Waals surface area (Å²) >= 11 is 1.54. The summed E-state index contributed by atoms with van der Waals surface area (Å²) in [5, 5.41) is 2.84. The molecule has 0 aliphatic heterocycles. The number of amides is 1. The zero-order valence-electron chi connectivity index (χ0n) is 14.5. The van der Waals surface area contributed by atoms with Crippen molar-refractivity contribution in [1.82, 2.24) is 0 Å². The fourth-order valence-corrected chi connectivity index (χ4v) is 3.40. The molecule has 1 aromatic carbocycles. The molecule has 1 N–H and O–H groups in total. The van der Waals surface area contributed by atoms with E-state index in [1.807, 2.05) is 38.1 Å². The standard InChI is InChI=1S/C19H23NO3S/c1-5-12(2)15-8-6-7-9-17(15)20-18(21)11-23-19(22)16-10-13(3)24-14(16)4/h6-10,12H,5,11H2,1-4H3,(H,20,21)/t12-/m0/s1. The van der Waals surface area contributed by atoms with Crippen LogP contribution in [0.3, 0.4) is 0 Å². The van der Waals surface area contributed by atoms with Gasteiger partial charge in [-0.2, -0.15) is 0 Å². The number of nitrogens with one attached hydrogen (secondary N) is 1. The van der Waals surface area contributed by atoms with Crippen LogP contribution in [0.2, 0.25) is 0 Å². The zero-order valence-corrected chi connectivity index (χ0v) is 15.3. The third-order valence-electron chi connectivity index (χ3n) is 3.97. The van der Waals surface area contributed by atoms with Crippen LogP contribution in [0.1, 0.15) is 51.9 Å². The van der Waals surface area contributed by atoms with Gasteiger partial charge in [0.15, 0.2) is 6.61 Å². The first-order valence-corrected chi connectivity index (χ1v) is 8.87. The molecule has 4 nitrogen and oxygen atoms in total. The highest BCUT2D eigenvalue weighted by Crippen LogP contribution is 2.26. The number of benzene rings is 1. The average molecular weight is 345 g/mol. The number of anilines is 1. The predicted molar refractivity (Wildman–Crippen MR) is 97.9 cm³/mol. The van der Waals surface area contributed by atoms with E-state index >= 15 is 0 Å². The maximum Gasteiger partial charge on any atom is 0.339 e. The molecule has 1 atom stereocenters. The van der Waals surface area contributed by atoms with Crippen LogP contribution in [-0.2, 0) is 9.53 Å². The summed E-state index contributed by atoms with van der Waals surface area (Å²) in [6.07, 6.45) is 0.985.